The lowest BCUT2D eigenvalue weighted by Crippen LogP contribution is -2.31. The van der Waals surface area contributed by atoms with Crippen LogP contribution < -0.4 is 10.3 Å². The molecule has 0 atom stereocenters. The quantitative estimate of drug-likeness (QED) is 0.601. The number of carbonyl (C=O) groups excluding carboxylic acids is 1. The fourth-order valence-corrected chi connectivity index (χ4v) is 4.97. The molecule has 0 saturated heterocycles. The highest BCUT2D eigenvalue weighted by molar-refractivity contribution is 6.01. The predicted molar refractivity (Wildman–Crippen MR) is 125 cm³/mol. The number of amides is 1. The first-order chi connectivity index (χ1) is 15.4. The summed E-state index contributed by atoms with van der Waals surface area (Å²) in [6, 6.07) is 16.0. The Kier molecular flexibility index (Phi) is 6.41. The first-order valence-corrected chi connectivity index (χ1v) is 11.4. The molecular weight excluding hydrogens is 396 g/mol. The summed E-state index contributed by atoms with van der Waals surface area (Å²) in [5.74, 6) is 1.03. The third kappa shape index (κ3) is 4.75. The van der Waals surface area contributed by atoms with Crippen LogP contribution in [-0.2, 0) is 0 Å². The molecule has 3 aromatic rings. The maximum absolute atomic E-state index is 13.0. The Hall–Kier alpha value is -3.39. The van der Waals surface area contributed by atoms with Gasteiger partial charge in [-0.2, -0.15) is 5.26 Å². The molecule has 1 aliphatic rings. The number of benzene rings is 1. The average Bonchev–Trinajstić information content (AvgIpc) is 3.18. The van der Waals surface area contributed by atoms with Gasteiger partial charge in [0.15, 0.2) is 11.4 Å². The molecule has 0 unspecified atom stereocenters. The number of aromatic amines is 2. The van der Waals surface area contributed by atoms with E-state index in [1.165, 1.54) is 17.0 Å². The van der Waals surface area contributed by atoms with Crippen LogP contribution in [0.15, 0.2) is 42.5 Å². The number of nitriles is 1. The lowest BCUT2D eigenvalue weighted by atomic mass is 9.78. The Balaban J connectivity index is 1.39. The number of hydrogen-bond acceptors (Lipinski definition) is 2. The van der Waals surface area contributed by atoms with Gasteiger partial charge in [-0.25, -0.2) is 4.98 Å². The van der Waals surface area contributed by atoms with Gasteiger partial charge in [-0.05, 0) is 62.1 Å². The Morgan fingerprint density at radius 3 is 2.47 bits per heavy atom. The zero-order chi connectivity index (χ0) is 22.7. The van der Waals surface area contributed by atoms with Crippen molar-refractivity contribution < 1.29 is 9.78 Å². The number of H-pyrrole nitrogens is 2. The standard InChI is InChI=1S/C27H30N4O/c1-17-12-23(13-18(2)30-17)21-10-8-20(9-11-21)16-29-27(32)25-14-19(3)31-26(25)24-7-5-4-6-22(24)15-28/h4-7,12-14,20-21,31H,8-11,16H2,1-3H3,(H,29,32)/p+1. The number of pyridine rings is 1. The van der Waals surface area contributed by atoms with E-state index in [1.54, 1.807) is 6.07 Å². The van der Waals surface area contributed by atoms with Gasteiger partial charge in [0.2, 0.25) is 0 Å². The summed E-state index contributed by atoms with van der Waals surface area (Å²) in [5.41, 5.74) is 7.41. The van der Waals surface area contributed by atoms with Gasteiger partial charge >= 0.3 is 0 Å². The molecule has 4 rings (SSSR count). The fourth-order valence-electron chi connectivity index (χ4n) is 4.97. The molecule has 1 aliphatic carbocycles. The van der Waals surface area contributed by atoms with E-state index in [0.717, 1.165) is 36.9 Å². The molecule has 32 heavy (non-hydrogen) atoms. The van der Waals surface area contributed by atoms with Crippen molar-refractivity contribution >= 4 is 5.91 Å². The molecule has 164 valence electrons. The normalized spacial score (nSPS) is 18.2. The summed E-state index contributed by atoms with van der Waals surface area (Å²) in [4.78, 5) is 19.7. The molecule has 1 saturated carbocycles. The Bertz CT molecular complexity index is 1140. The number of carbonyl (C=O) groups is 1. The largest absolute Gasteiger partial charge is 0.358 e. The minimum atomic E-state index is -0.0796. The number of rotatable bonds is 5. The maximum atomic E-state index is 13.0. The molecule has 0 radical (unpaired) electrons. The molecule has 1 aromatic carbocycles. The van der Waals surface area contributed by atoms with Crippen molar-refractivity contribution in [3.8, 4) is 17.3 Å². The molecular formula is C27H31N4O+. The first-order valence-electron chi connectivity index (χ1n) is 11.4. The Labute approximate surface area is 189 Å². The number of nitrogens with one attached hydrogen (secondary N) is 3. The van der Waals surface area contributed by atoms with Gasteiger partial charge < -0.3 is 10.3 Å². The summed E-state index contributed by atoms with van der Waals surface area (Å²) in [7, 11) is 0. The van der Waals surface area contributed by atoms with E-state index in [9.17, 15) is 10.1 Å². The zero-order valence-corrected chi connectivity index (χ0v) is 19.1. The van der Waals surface area contributed by atoms with Crippen LogP contribution in [0.3, 0.4) is 0 Å². The highest BCUT2D eigenvalue weighted by atomic mass is 16.1. The van der Waals surface area contributed by atoms with Crippen LogP contribution >= 0.6 is 0 Å². The van der Waals surface area contributed by atoms with Crippen LogP contribution in [0.4, 0.5) is 0 Å². The van der Waals surface area contributed by atoms with Crippen molar-refractivity contribution in [2.75, 3.05) is 6.54 Å². The molecule has 1 amide bonds. The average molecular weight is 428 g/mol. The van der Waals surface area contributed by atoms with E-state index in [1.807, 2.05) is 31.2 Å². The van der Waals surface area contributed by atoms with E-state index >= 15 is 0 Å². The third-order valence-electron chi connectivity index (χ3n) is 6.54. The Morgan fingerprint density at radius 1 is 1.09 bits per heavy atom. The van der Waals surface area contributed by atoms with Gasteiger partial charge in [-0.1, -0.05) is 18.2 Å². The van der Waals surface area contributed by atoms with Crippen LogP contribution in [0.1, 0.15) is 70.2 Å². The van der Waals surface area contributed by atoms with Gasteiger partial charge in [0.25, 0.3) is 5.91 Å². The maximum Gasteiger partial charge on any atom is 0.253 e. The summed E-state index contributed by atoms with van der Waals surface area (Å²) in [6.45, 7) is 6.85. The number of nitrogens with zero attached hydrogens (tertiary/aromatic N) is 1. The molecule has 5 heteroatoms. The summed E-state index contributed by atoms with van der Waals surface area (Å²) >= 11 is 0. The summed E-state index contributed by atoms with van der Waals surface area (Å²) < 4.78 is 0. The van der Waals surface area contributed by atoms with Gasteiger partial charge in [-0.15, -0.1) is 0 Å². The van der Waals surface area contributed by atoms with Gasteiger partial charge in [0.05, 0.1) is 22.9 Å². The lowest BCUT2D eigenvalue weighted by molar-refractivity contribution is -0.397. The first kappa shape index (κ1) is 21.8. The third-order valence-corrected chi connectivity index (χ3v) is 6.54. The van der Waals surface area contributed by atoms with E-state index in [2.05, 4.69) is 47.3 Å². The van der Waals surface area contributed by atoms with Crippen molar-refractivity contribution in [1.82, 2.24) is 10.3 Å². The molecule has 0 bridgehead atoms. The molecule has 0 spiro atoms. The van der Waals surface area contributed by atoms with Crippen LogP contribution in [0.2, 0.25) is 0 Å². The smallest absolute Gasteiger partial charge is 0.253 e. The van der Waals surface area contributed by atoms with Gasteiger partial charge in [-0.3, -0.25) is 4.79 Å². The highest BCUT2D eigenvalue weighted by Crippen LogP contribution is 2.36. The molecule has 0 aliphatic heterocycles. The van der Waals surface area contributed by atoms with Crippen molar-refractivity contribution in [2.45, 2.75) is 52.4 Å². The van der Waals surface area contributed by atoms with E-state index in [-0.39, 0.29) is 5.91 Å². The lowest BCUT2D eigenvalue weighted by Gasteiger charge is -2.28. The van der Waals surface area contributed by atoms with Crippen LogP contribution in [0, 0.1) is 38.0 Å². The molecule has 1 fully saturated rings. The number of aromatic nitrogens is 2. The van der Waals surface area contributed by atoms with E-state index in [4.69, 9.17) is 0 Å². The molecule has 3 N–H and O–H groups in total. The molecule has 2 heterocycles. The minimum Gasteiger partial charge on any atom is -0.358 e. The van der Waals surface area contributed by atoms with Crippen molar-refractivity contribution in [1.29, 1.82) is 5.26 Å². The van der Waals surface area contributed by atoms with Crippen molar-refractivity contribution in [2.24, 2.45) is 5.92 Å². The monoisotopic (exact) mass is 427 g/mol. The molecule has 2 aromatic heterocycles. The summed E-state index contributed by atoms with van der Waals surface area (Å²) in [6.07, 6.45) is 4.57. The predicted octanol–water partition coefficient (Wildman–Crippen LogP) is 5.00. The topological polar surface area (TPSA) is 82.8 Å². The van der Waals surface area contributed by atoms with Crippen LogP contribution in [0.25, 0.3) is 11.3 Å². The van der Waals surface area contributed by atoms with E-state index in [0.29, 0.717) is 35.2 Å². The van der Waals surface area contributed by atoms with Crippen LogP contribution in [0.5, 0.6) is 0 Å². The Morgan fingerprint density at radius 2 is 1.78 bits per heavy atom. The zero-order valence-electron chi connectivity index (χ0n) is 19.1. The fraction of sp³-hybridized carbons (Fsp3) is 0.370. The highest BCUT2D eigenvalue weighted by Gasteiger charge is 2.25. The molecule has 5 nitrogen and oxygen atoms in total. The second-order valence-corrected chi connectivity index (χ2v) is 9.11. The second-order valence-electron chi connectivity index (χ2n) is 9.11. The minimum absolute atomic E-state index is 0.0796. The second kappa shape index (κ2) is 9.40. The van der Waals surface area contributed by atoms with E-state index < -0.39 is 0 Å². The van der Waals surface area contributed by atoms with Gasteiger partial charge in [0, 0.05) is 43.8 Å². The number of hydrogen-bond donors (Lipinski definition) is 2. The van der Waals surface area contributed by atoms with Crippen molar-refractivity contribution in [3.05, 3.63) is 76.2 Å². The van der Waals surface area contributed by atoms with Gasteiger partial charge in [0.1, 0.15) is 0 Å². The van der Waals surface area contributed by atoms with Crippen LogP contribution in [-0.4, -0.2) is 17.4 Å². The summed E-state index contributed by atoms with van der Waals surface area (Å²) in [5, 5.41) is 12.6. The van der Waals surface area contributed by atoms with Crippen molar-refractivity contribution in [3.63, 3.8) is 0 Å². The SMILES string of the molecule is Cc1cc(C(=O)NCC2CCC(c3cc(C)[nH+]c(C)c3)CC2)c(-c2ccccc2C#N)[nH]1. The number of aryl methyl sites for hydroxylation is 3.